The van der Waals surface area contributed by atoms with Crippen molar-refractivity contribution in [3.05, 3.63) is 54.2 Å². The molecule has 0 saturated carbocycles. The average molecular weight is 398 g/mol. The van der Waals surface area contributed by atoms with Crippen LogP contribution in [-0.4, -0.2) is 57.4 Å². The quantitative estimate of drug-likeness (QED) is 0.405. The predicted molar refractivity (Wildman–Crippen MR) is 117 cm³/mol. The first-order valence-corrected chi connectivity index (χ1v) is 10.1. The number of nitrogens with one attached hydrogen (secondary N) is 2. The molecule has 1 fully saturated rings. The Morgan fingerprint density at radius 3 is 2.69 bits per heavy atom. The first-order chi connectivity index (χ1) is 14.3. The molecule has 29 heavy (non-hydrogen) atoms. The average Bonchev–Trinajstić information content (AvgIpc) is 2.79. The molecular weight excluding hydrogens is 366 g/mol. The van der Waals surface area contributed by atoms with Gasteiger partial charge in [-0.25, -0.2) is 4.98 Å². The highest BCUT2D eigenvalue weighted by molar-refractivity contribution is 5.79. The number of aromatic nitrogens is 1. The van der Waals surface area contributed by atoms with E-state index in [4.69, 9.17) is 9.47 Å². The SMILES string of the molecule is CN=C(NCCOCc1ccccc1OC)NC1CCN(c2ccccn2)CC1. The Hall–Kier alpha value is -2.80. The van der Waals surface area contributed by atoms with Gasteiger partial charge >= 0.3 is 0 Å². The maximum Gasteiger partial charge on any atom is 0.191 e. The summed E-state index contributed by atoms with van der Waals surface area (Å²) in [5.41, 5.74) is 1.05. The lowest BCUT2D eigenvalue weighted by molar-refractivity contribution is 0.123. The first-order valence-electron chi connectivity index (χ1n) is 10.1. The summed E-state index contributed by atoms with van der Waals surface area (Å²) in [6, 6.07) is 14.4. The molecule has 0 radical (unpaired) electrons. The Bertz CT molecular complexity index is 761. The van der Waals surface area contributed by atoms with Crippen LogP contribution in [0.4, 0.5) is 5.82 Å². The molecule has 1 aliphatic heterocycles. The molecule has 0 unspecified atom stereocenters. The monoisotopic (exact) mass is 397 g/mol. The fourth-order valence-corrected chi connectivity index (χ4v) is 3.43. The molecule has 7 heteroatoms. The third-order valence-electron chi connectivity index (χ3n) is 5.02. The van der Waals surface area contributed by atoms with E-state index in [9.17, 15) is 0 Å². The van der Waals surface area contributed by atoms with Crippen LogP contribution in [0.3, 0.4) is 0 Å². The number of aliphatic imine (C=N–C) groups is 1. The van der Waals surface area contributed by atoms with Crippen molar-refractivity contribution in [3.8, 4) is 5.75 Å². The molecule has 7 nitrogen and oxygen atoms in total. The molecule has 156 valence electrons. The van der Waals surface area contributed by atoms with Crippen LogP contribution in [-0.2, 0) is 11.3 Å². The molecule has 1 aromatic heterocycles. The van der Waals surface area contributed by atoms with Crippen LogP contribution < -0.4 is 20.3 Å². The smallest absolute Gasteiger partial charge is 0.191 e. The Balaban J connectivity index is 1.34. The highest BCUT2D eigenvalue weighted by Gasteiger charge is 2.20. The van der Waals surface area contributed by atoms with E-state index in [-0.39, 0.29) is 0 Å². The molecule has 1 aromatic carbocycles. The number of hydrogen-bond donors (Lipinski definition) is 2. The molecule has 2 heterocycles. The molecule has 0 atom stereocenters. The van der Waals surface area contributed by atoms with E-state index in [1.54, 1.807) is 14.2 Å². The summed E-state index contributed by atoms with van der Waals surface area (Å²) in [7, 11) is 3.48. The maximum absolute atomic E-state index is 5.77. The molecular formula is C22H31N5O2. The van der Waals surface area contributed by atoms with Crippen molar-refractivity contribution in [1.29, 1.82) is 0 Å². The topological polar surface area (TPSA) is 71.0 Å². The van der Waals surface area contributed by atoms with Crippen molar-refractivity contribution >= 4 is 11.8 Å². The third-order valence-corrected chi connectivity index (χ3v) is 5.02. The highest BCUT2D eigenvalue weighted by atomic mass is 16.5. The second-order valence-corrected chi connectivity index (χ2v) is 6.96. The van der Waals surface area contributed by atoms with E-state index >= 15 is 0 Å². The normalized spacial score (nSPS) is 15.2. The van der Waals surface area contributed by atoms with Crippen LogP contribution in [0.15, 0.2) is 53.7 Å². The van der Waals surface area contributed by atoms with Gasteiger partial charge in [0.1, 0.15) is 11.6 Å². The molecule has 0 aliphatic carbocycles. The zero-order valence-electron chi connectivity index (χ0n) is 17.3. The molecule has 1 aliphatic rings. The van der Waals surface area contributed by atoms with Crippen molar-refractivity contribution in [2.45, 2.75) is 25.5 Å². The van der Waals surface area contributed by atoms with Crippen molar-refractivity contribution < 1.29 is 9.47 Å². The van der Waals surface area contributed by atoms with Crippen LogP contribution in [0.25, 0.3) is 0 Å². The lowest BCUT2D eigenvalue weighted by Crippen LogP contribution is -2.49. The minimum atomic E-state index is 0.413. The van der Waals surface area contributed by atoms with Crippen LogP contribution in [0, 0.1) is 0 Å². The Morgan fingerprint density at radius 2 is 1.97 bits per heavy atom. The summed E-state index contributed by atoms with van der Waals surface area (Å²) >= 11 is 0. The van der Waals surface area contributed by atoms with E-state index in [0.29, 0.717) is 25.8 Å². The molecule has 0 amide bonds. The van der Waals surface area contributed by atoms with E-state index in [1.807, 2.05) is 42.6 Å². The number of methoxy groups -OCH3 is 1. The van der Waals surface area contributed by atoms with E-state index < -0.39 is 0 Å². The van der Waals surface area contributed by atoms with E-state index in [0.717, 1.165) is 49.0 Å². The van der Waals surface area contributed by atoms with Crippen LogP contribution in [0.1, 0.15) is 18.4 Å². The van der Waals surface area contributed by atoms with Gasteiger partial charge in [0.2, 0.25) is 0 Å². The molecule has 0 bridgehead atoms. The molecule has 2 N–H and O–H groups in total. The van der Waals surface area contributed by atoms with E-state index in [1.165, 1.54) is 0 Å². The second kappa shape index (κ2) is 11.3. The summed E-state index contributed by atoms with van der Waals surface area (Å²) in [6.45, 7) is 3.81. The molecule has 1 saturated heterocycles. The Morgan fingerprint density at radius 1 is 1.17 bits per heavy atom. The van der Waals surface area contributed by atoms with Gasteiger partial charge in [-0.2, -0.15) is 0 Å². The second-order valence-electron chi connectivity index (χ2n) is 6.96. The van der Waals surface area contributed by atoms with Crippen LogP contribution in [0.5, 0.6) is 5.75 Å². The van der Waals surface area contributed by atoms with Crippen molar-refractivity contribution in [2.75, 3.05) is 45.3 Å². The molecule has 2 aromatic rings. The lowest BCUT2D eigenvalue weighted by atomic mass is 10.1. The fraction of sp³-hybridized carbons (Fsp3) is 0.455. The highest BCUT2D eigenvalue weighted by Crippen LogP contribution is 2.18. The van der Waals surface area contributed by atoms with Gasteiger partial charge in [0.15, 0.2) is 5.96 Å². The van der Waals surface area contributed by atoms with Crippen LogP contribution >= 0.6 is 0 Å². The fourth-order valence-electron chi connectivity index (χ4n) is 3.43. The maximum atomic E-state index is 5.77. The zero-order valence-corrected chi connectivity index (χ0v) is 17.3. The van der Waals surface area contributed by atoms with E-state index in [2.05, 4.69) is 31.6 Å². The summed E-state index contributed by atoms with van der Waals surface area (Å²) in [4.78, 5) is 11.1. The number of ether oxygens (including phenoxy) is 2. The molecule has 3 rings (SSSR count). The van der Waals surface area contributed by atoms with Gasteiger partial charge in [0.05, 0.1) is 20.3 Å². The third kappa shape index (κ3) is 6.35. The minimum absolute atomic E-state index is 0.413. The van der Waals surface area contributed by atoms with Gasteiger partial charge in [-0.15, -0.1) is 0 Å². The Kier molecular flexibility index (Phi) is 8.12. The minimum Gasteiger partial charge on any atom is -0.496 e. The zero-order chi connectivity index (χ0) is 20.3. The summed E-state index contributed by atoms with van der Waals surface area (Å²) in [5, 5.41) is 6.85. The Labute approximate surface area is 173 Å². The largest absolute Gasteiger partial charge is 0.496 e. The van der Waals surface area contributed by atoms with Crippen LogP contribution in [0.2, 0.25) is 0 Å². The van der Waals surface area contributed by atoms with Crippen molar-refractivity contribution in [2.24, 2.45) is 4.99 Å². The van der Waals surface area contributed by atoms with Gasteiger partial charge in [0, 0.05) is 44.5 Å². The predicted octanol–water partition coefficient (Wildman–Crippen LogP) is 2.44. The number of piperidine rings is 1. The summed E-state index contributed by atoms with van der Waals surface area (Å²) < 4.78 is 11.1. The van der Waals surface area contributed by atoms with Gasteiger partial charge in [0.25, 0.3) is 0 Å². The van der Waals surface area contributed by atoms with Gasteiger partial charge in [-0.1, -0.05) is 24.3 Å². The number of nitrogens with zero attached hydrogens (tertiary/aromatic N) is 3. The lowest BCUT2D eigenvalue weighted by Gasteiger charge is -2.33. The number of rotatable bonds is 8. The molecule has 0 spiro atoms. The first kappa shape index (κ1) is 20.9. The van der Waals surface area contributed by atoms with Crippen molar-refractivity contribution in [3.63, 3.8) is 0 Å². The summed E-state index contributed by atoms with van der Waals surface area (Å²) in [5.74, 6) is 2.73. The van der Waals surface area contributed by atoms with Gasteiger partial charge in [-0.3, -0.25) is 4.99 Å². The number of benzene rings is 1. The number of para-hydroxylation sites is 1. The summed E-state index contributed by atoms with van der Waals surface area (Å²) in [6.07, 6.45) is 3.96. The number of anilines is 1. The van der Waals surface area contributed by atoms with Crippen molar-refractivity contribution in [1.82, 2.24) is 15.6 Å². The standard InChI is InChI=1S/C22H31N5O2/c1-23-22(25-13-16-29-17-18-7-3-4-8-20(18)28-2)26-19-10-14-27(15-11-19)21-9-5-6-12-24-21/h3-9,12,19H,10-11,13-17H2,1-2H3,(H2,23,25,26). The van der Waals surface area contributed by atoms with Gasteiger partial charge in [-0.05, 0) is 31.0 Å². The number of hydrogen-bond acceptors (Lipinski definition) is 5. The number of pyridine rings is 1. The van der Waals surface area contributed by atoms with Gasteiger partial charge < -0.3 is 25.0 Å². The number of guanidine groups is 1.